The van der Waals surface area contributed by atoms with Crippen molar-refractivity contribution in [3.05, 3.63) is 53.2 Å². The summed E-state index contributed by atoms with van der Waals surface area (Å²) in [5.74, 6) is 1.55. The molecule has 1 atom stereocenters. The third-order valence-corrected chi connectivity index (χ3v) is 5.63. The molecule has 2 heterocycles. The minimum atomic E-state index is -0.868. The number of rotatable bonds is 4. The van der Waals surface area contributed by atoms with Crippen molar-refractivity contribution in [2.45, 2.75) is 57.6 Å². The second-order valence-electron chi connectivity index (χ2n) is 7.49. The maximum Gasteiger partial charge on any atom is 0.252 e. The Morgan fingerprint density at radius 2 is 2.00 bits per heavy atom. The maximum atomic E-state index is 12.7. The van der Waals surface area contributed by atoms with Crippen LogP contribution in [0.1, 0.15) is 55.0 Å². The molecule has 4 rings (SSSR count). The predicted octanol–water partition coefficient (Wildman–Crippen LogP) is 3.09. The number of amides is 1. The molecule has 0 bridgehead atoms. The van der Waals surface area contributed by atoms with Crippen LogP contribution in [0, 0.1) is 5.92 Å². The van der Waals surface area contributed by atoms with Gasteiger partial charge in [-0.25, -0.2) is 4.98 Å². The number of carbonyl (C=O) groups excluding carboxylic acids is 1. The Hall–Kier alpha value is -2.14. The van der Waals surface area contributed by atoms with Crippen molar-refractivity contribution in [3.63, 3.8) is 0 Å². The first-order valence-electron chi connectivity index (χ1n) is 9.69. The molecule has 5 nitrogen and oxygen atoms in total. The molecule has 1 aliphatic carbocycles. The van der Waals surface area contributed by atoms with Crippen LogP contribution >= 0.6 is 0 Å². The summed E-state index contributed by atoms with van der Waals surface area (Å²) < 4.78 is 5.90. The van der Waals surface area contributed by atoms with Crippen molar-refractivity contribution in [2.24, 2.45) is 5.92 Å². The Balaban J connectivity index is 1.41. The summed E-state index contributed by atoms with van der Waals surface area (Å²) in [6, 6.07) is 10.1. The van der Waals surface area contributed by atoms with E-state index in [9.17, 15) is 9.90 Å². The number of benzene rings is 1. The average molecular weight is 354 g/mol. The van der Waals surface area contributed by atoms with E-state index in [1.807, 2.05) is 18.2 Å². The Labute approximate surface area is 154 Å². The number of aliphatic hydroxyl groups excluding tert-OH is 1. The lowest BCUT2D eigenvalue weighted by atomic mass is 9.84. The van der Waals surface area contributed by atoms with Crippen LogP contribution in [0.25, 0.3) is 0 Å². The van der Waals surface area contributed by atoms with Gasteiger partial charge in [0.1, 0.15) is 17.6 Å². The lowest BCUT2D eigenvalue weighted by molar-refractivity contribution is -0.144. The summed E-state index contributed by atoms with van der Waals surface area (Å²) in [4.78, 5) is 19.1. The Morgan fingerprint density at radius 3 is 2.77 bits per heavy atom. The molecule has 1 aromatic heterocycles. The number of fused-ring (bicyclic) bond motifs is 1. The van der Waals surface area contributed by atoms with E-state index in [4.69, 9.17) is 4.42 Å². The zero-order valence-electron chi connectivity index (χ0n) is 15.1. The number of nitrogens with zero attached hydrogens (tertiary/aromatic N) is 2. The first kappa shape index (κ1) is 17.3. The van der Waals surface area contributed by atoms with Crippen LogP contribution in [0.3, 0.4) is 0 Å². The monoisotopic (exact) mass is 354 g/mol. The molecule has 1 amide bonds. The van der Waals surface area contributed by atoms with Gasteiger partial charge in [0.05, 0.1) is 6.54 Å². The minimum absolute atomic E-state index is 0.114. The van der Waals surface area contributed by atoms with E-state index in [1.54, 1.807) is 4.90 Å². The second kappa shape index (κ2) is 7.62. The lowest BCUT2D eigenvalue weighted by Gasteiger charge is -2.32. The van der Waals surface area contributed by atoms with E-state index >= 15 is 0 Å². The van der Waals surface area contributed by atoms with E-state index in [-0.39, 0.29) is 11.8 Å². The third-order valence-electron chi connectivity index (χ3n) is 5.63. The summed E-state index contributed by atoms with van der Waals surface area (Å²) in [5.41, 5.74) is 2.00. The summed E-state index contributed by atoms with van der Waals surface area (Å²) in [6.45, 7) is 1.03. The maximum absolute atomic E-state index is 12.7. The van der Waals surface area contributed by atoms with Crippen molar-refractivity contribution in [1.82, 2.24) is 9.88 Å². The molecule has 0 radical (unpaired) electrons. The molecule has 1 aliphatic heterocycles. The predicted molar refractivity (Wildman–Crippen MR) is 97.5 cm³/mol. The molecule has 2 aromatic rings. The van der Waals surface area contributed by atoms with E-state index in [0.717, 1.165) is 42.7 Å². The molecular weight excluding hydrogens is 328 g/mol. The number of aliphatic hydroxyl groups is 1. The number of carbonyl (C=O) groups is 1. The fourth-order valence-electron chi connectivity index (χ4n) is 4.12. The van der Waals surface area contributed by atoms with Gasteiger partial charge in [-0.1, -0.05) is 49.6 Å². The number of oxazole rings is 1. The highest BCUT2D eigenvalue weighted by molar-refractivity contribution is 5.81. The van der Waals surface area contributed by atoms with Gasteiger partial charge in [0, 0.05) is 19.4 Å². The lowest BCUT2D eigenvalue weighted by Crippen LogP contribution is -2.45. The second-order valence-corrected chi connectivity index (χ2v) is 7.49. The van der Waals surface area contributed by atoms with Crippen molar-refractivity contribution in [1.29, 1.82) is 0 Å². The molecule has 0 spiro atoms. The molecule has 138 valence electrons. The summed E-state index contributed by atoms with van der Waals surface area (Å²) in [7, 11) is 0. The highest BCUT2D eigenvalue weighted by Crippen LogP contribution is 2.29. The molecule has 0 saturated heterocycles. The zero-order chi connectivity index (χ0) is 17.9. The molecule has 1 saturated carbocycles. The first-order chi connectivity index (χ1) is 12.7. The molecule has 0 unspecified atom stereocenters. The van der Waals surface area contributed by atoms with Crippen LogP contribution in [0.15, 0.2) is 34.7 Å². The van der Waals surface area contributed by atoms with Crippen LogP contribution in [0.2, 0.25) is 0 Å². The van der Waals surface area contributed by atoms with Crippen molar-refractivity contribution in [3.8, 4) is 0 Å². The summed E-state index contributed by atoms with van der Waals surface area (Å²) >= 11 is 0. The van der Waals surface area contributed by atoms with Gasteiger partial charge < -0.3 is 14.4 Å². The van der Waals surface area contributed by atoms with Crippen LogP contribution in [-0.2, 0) is 24.2 Å². The third kappa shape index (κ3) is 3.68. The summed E-state index contributed by atoms with van der Waals surface area (Å²) in [6.07, 6.45) is 5.82. The molecular formula is C21H26N2O3. The topological polar surface area (TPSA) is 66.6 Å². The van der Waals surface area contributed by atoms with Crippen molar-refractivity contribution in [2.75, 3.05) is 6.54 Å². The molecule has 1 aromatic carbocycles. The van der Waals surface area contributed by atoms with Crippen LogP contribution in [0.4, 0.5) is 0 Å². The van der Waals surface area contributed by atoms with Gasteiger partial charge in [-0.3, -0.25) is 4.79 Å². The van der Waals surface area contributed by atoms with E-state index in [0.29, 0.717) is 31.8 Å². The van der Waals surface area contributed by atoms with Gasteiger partial charge in [0.25, 0.3) is 5.91 Å². The fraction of sp³-hybridized carbons (Fsp3) is 0.524. The molecule has 1 N–H and O–H groups in total. The van der Waals surface area contributed by atoms with E-state index < -0.39 is 6.10 Å². The largest absolute Gasteiger partial charge is 0.445 e. The van der Waals surface area contributed by atoms with Crippen molar-refractivity contribution >= 4 is 5.91 Å². The number of hydrogen-bond acceptors (Lipinski definition) is 4. The molecule has 1 fully saturated rings. The standard InChI is InChI=1S/C21H26N2O3/c24-20(16-9-5-2-6-10-16)21(25)23-12-11-18-17(14-23)22-19(26-18)13-15-7-3-1-4-8-15/h1,3-4,7-8,16,20,24H,2,5-6,9-14H2/t20-/m1/s1. The minimum Gasteiger partial charge on any atom is -0.445 e. The highest BCUT2D eigenvalue weighted by Gasteiger charge is 2.33. The van der Waals surface area contributed by atoms with Crippen LogP contribution in [-0.4, -0.2) is 33.5 Å². The van der Waals surface area contributed by atoms with Crippen LogP contribution < -0.4 is 0 Å². The number of aromatic nitrogens is 1. The Morgan fingerprint density at radius 1 is 1.23 bits per heavy atom. The SMILES string of the molecule is O=C([C@H](O)C1CCCCC1)N1CCc2oc(Cc3ccccc3)nc2C1. The van der Waals surface area contributed by atoms with Gasteiger partial charge >= 0.3 is 0 Å². The van der Waals surface area contributed by atoms with Gasteiger partial charge in [-0.05, 0) is 24.3 Å². The van der Waals surface area contributed by atoms with Crippen molar-refractivity contribution < 1.29 is 14.3 Å². The van der Waals surface area contributed by atoms with Gasteiger partial charge in [0.15, 0.2) is 5.89 Å². The molecule has 26 heavy (non-hydrogen) atoms. The highest BCUT2D eigenvalue weighted by atomic mass is 16.4. The quantitative estimate of drug-likeness (QED) is 0.916. The molecule has 5 heteroatoms. The zero-order valence-corrected chi connectivity index (χ0v) is 15.1. The smallest absolute Gasteiger partial charge is 0.252 e. The Kier molecular flexibility index (Phi) is 5.07. The van der Waals surface area contributed by atoms with E-state index in [2.05, 4.69) is 17.1 Å². The first-order valence-corrected chi connectivity index (χ1v) is 9.69. The summed E-state index contributed by atoms with van der Waals surface area (Å²) in [5, 5.41) is 10.5. The fourth-order valence-corrected chi connectivity index (χ4v) is 4.12. The van der Waals surface area contributed by atoms with Gasteiger partial charge in [-0.2, -0.15) is 0 Å². The number of hydrogen-bond donors (Lipinski definition) is 1. The van der Waals surface area contributed by atoms with E-state index in [1.165, 1.54) is 6.42 Å². The van der Waals surface area contributed by atoms with Gasteiger partial charge in [-0.15, -0.1) is 0 Å². The Bertz CT molecular complexity index is 750. The normalized spacial score (nSPS) is 19.2. The van der Waals surface area contributed by atoms with Gasteiger partial charge in [0.2, 0.25) is 0 Å². The average Bonchev–Trinajstić information content (AvgIpc) is 3.09. The van der Waals surface area contributed by atoms with Crippen LogP contribution in [0.5, 0.6) is 0 Å². The molecule has 2 aliphatic rings.